The van der Waals surface area contributed by atoms with Crippen LogP contribution in [0.15, 0.2) is 84.9 Å². The van der Waals surface area contributed by atoms with Crippen molar-refractivity contribution in [3.8, 4) is 5.75 Å². The first-order valence-electron chi connectivity index (χ1n) is 14.6. The lowest BCUT2D eigenvalue weighted by molar-refractivity contribution is -0.266. The molecule has 1 aliphatic carbocycles. The van der Waals surface area contributed by atoms with Gasteiger partial charge >= 0.3 is 0 Å². The molecule has 0 radical (unpaired) electrons. The summed E-state index contributed by atoms with van der Waals surface area (Å²) in [5.41, 5.74) is 1.40. The molecular formula is C35H42O7. The van der Waals surface area contributed by atoms with Crippen LogP contribution in [0.25, 0.3) is 0 Å². The maximum Gasteiger partial charge on any atom is 0.163 e. The Hall–Kier alpha value is -3.07. The summed E-state index contributed by atoms with van der Waals surface area (Å²) >= 11 is 0. The van der Waals surface area contributed by atoms with Gasteiger partial charge in [0, 0.05) is 11.8 Å². The average Bonchev–Trinajstić information content (AvgIpc) is 3.33. The molecule has 1 aliphatic heterocycles. The molecule has 0 N–H and O–H groups in total. The highest BCUT2D eigenvalue weighted by Gasteiger charge is 2.66. The highest BCUT2D eigenvalue weighted by molar-refractivity contribution is 5.59. The van der Waals surface area contributed by atoms with Crippen molar-refractivity contribution in [3.63, 3.8) is 0 Å². The normalized spacial score (nSPS) is 28.5. The lowest BCUT2D eigenvalue weighted by Crippen LogP contribution is -2.67. The number of carbonyl (C=O) groups is 1. The Labute approximate surface area is 249 Å². The summed E-state index contributed by atoms with van der Waals surface area (Å²) in [5.74, 6) is -0.686. The van der Waals surface area contributed by atoms with Gasteiger partial charge in [0.05, 0.1) is 58.3 Å². The van der Waals surface area contributed by atoms with Gasteiger partial charge in [-0.2, -0.15) is 0 Å². The summed E-state index contributed by atoms with van der Waals surface area (Å²) in [7, 11) is 1.65. The lowest BCUT2D eigenvalue weighted by atomic mass is 9.58. The van der Waals surface area contributed by atoms with E-state index in [4.69, 9.17) is 28.4 Å². The second kappa shape index (κ2) is 13.1. The van der Waals surface area contributed by atoms with Crippen molar-refractivity contribution in [2.45, 2.75) is 70.6 Å². The van der Waals surface area contributed by atoms with Crippen LogP contribution in [0, 0.1) is 11.3 Å². The van der Waals surface area contributed by atoms with E-state index in [9.17, 15) is 4.79 Å². The molecule has 42 heavy (non-hydrogen) atoms. The second-order valence-corrected chi connectivity index (χ2v) is 12.0. The molecule has 3 aromatic carbocycles. The Morgan fingerprint density at radius 3 is 1.88 bits per heavy atom. The summed E-state index contributed by atoms with van der Waals surface area (Å²) in [5, 5.41) is 0. The van der Waals surface area contributed by atoms with Crippen molar-refractivity contribution < 1.29 is 33.2 Å². The van der Waals surface area contributed by atoms with Crippen LogP contribution in [-0.2, 0) is 48.3 Å². The number of aldehydes is 1. The largest absolute Gasteiger partial charge is 0.497 e. The fraction of sp³-hybridized carbons (Fsp3) is 0.457. The zero-order valence-electron chi connectivity index (χ0n) is 25.0. The van der Waals surface area contributed by atoms with Crippen LogP contribution in [-0.4, -0.2) is 50.2 Å². The molecule has 1 spiro atoms. The van der Waals surface area contributed by atoms with Gasteiger partial charge in [-0.25, -0.2) is 0 Å². The summed E-state index contributed by atoms with van der Waals surface area (Å²) in [6.45, 7) is 7.55. The van der Waals surface area contributed by atoms with E-state index in [1.54, 1.807) is 7.11 Å². The molecule has 0 amide bonds. The minimum Gasteiger partial charge on any atom is -0.497 e. The highest BCUT2D eigenvalue weighted by atomic mass is 16.8. The zero-order valence-corrected chi connectivity index (χ0v) is 25.0. The lowest BCUT2D eigenvalue weighted by Gasteiger charge is -2.55. The molecule has 3 aromatic rings. The summed E-state index contributed by atoms with van der Waals surface area (Å²) < 4.78 is 37.7. The monoisotopic (exact) mass is 574 g/mol. The molecule has 7 heteroatoms. The van der Waals surface area contributed by atoms with E-state index in [2.05, 4.69) is 6.92 Å². The maximum absolute atomic E-state index is 13.2. The quantitative estimate of drug-likeness (QED) is 0.241. The third kappa shape index (κ3) is 6.61. The first-order valence-corrected chi connectivity index (χ1v) is 14.6. The van der Waals surface area contributed by atoms with Gasteiger partial charge in [0.2, 0.25) is 0 Å². The van der Waals surface area contributed by atoms with E-state index >= 15 is 0 Å². The molecule has 2 fully saturated rings. The number of rotatable bonds is 12. The van der Waals surface area contributed by atoms with E-state index in [1.165, 1.54) is 0 Å². The van der Waals surface area contributed by atoms with Crippen molar-refractivity contribution in [2.75, 3.05) is 20.3 Å². The van der Waals surface area contributed by atoms with Crippen molar-refractivity contribution in [3.05, 3.63) is 102 Å². The molecule has 7 nitrogen and oxygen atoms in total. The Kier molecular flexibility index (Phi) is 9.45. The van der Waals surface area contributed by atoms with Crippen molar-refractivity contribution in [1.29, 1.82) is 0 Å². The van der Waals surface area contributed by atoms with Gasteiger partial charge in [0.25, 0.3) is 0 Å². The van der Waals surface area contributed by atoms with Gasteiger partial charge in [-0.1, -0.05) is 79.7 Å². The van der Waals surface area contributed by atoms with Crippen LogP contribution in [0.2, 0.25) is 0 Å². The Morgan fingerprint density at radius 1 is 0.786 bits per heavy atom. The fourth-order valence-corrected chi connectivity index (χ4v) is 6.31. The molecular weight excluding hydrogens is 532 g/mol. The standard InChI is InChI=1S/C35H42O7/c1-33(2)41-25-35(42-33)30(20-36)34(3,24-38-21-28-15-17-29(37-4)18-16-28)31(39-22-26-11-7-5-8-12-26)19-32(35)40-23-27-13-9-6-10-14-27/h5-18,20,30-32H,19,21-25H2,1-4H3/t30-,31-,32-,34-,35+/m0/s1. The molecule has 2 aliphatic rings. The summed E-state index contributed by atoms with van der Waals surface area (Å²) in [4.78, 5) is 13.2. The van der Waals surface area contributed by atoms with E-state index in [-0.39, 0.29) is 12.7 Å². The molecule has 224 valence electrons. The van der Waals surface area contributed by atoms with E-state index in [0.717, 1.165) is 28.7 Å². The van der Waals surface area contributed by atoms with Gasteiger partial charge in [0.1, 0.15) is 17.6 Å². The summed E-state index contributed by atoms with van der Waals surface area (Å²) in [6.07, 6.45) is 0.733. The molecule has 1 saturated carbocycles. The minimum absolute atomic E-state index is 0.238. The molecule has 5 atom stereocenters. The fourth-order valence-electron chi connectivity index (χ4n) is 6.31. The molecule has 0 bridgehead atoms. The number of hydrogen-bond donors (Lipinski definition) is 0. The third-order valence-electron chi connectivity index (χ3n) is 8.59. The topological polar surface area (TPSA) is 72.5 Å². The molecule has 1 saturated heterocycles. The van der Waals surface area contributed by atoms with Crippen LogP contribution in [0.5, 0.6) is 5.75 Å². The maximum atomic E-state index is 13.2. The Bertz CT molecular complexity index is 1280. The molecule has 5 rings (SSSR count). The number of ether oxygens (including phenoxy) is 6. The minimum atomic E-state index is -0.995. The number of hydrogen-bond acceptors (Lipinski definition) is 7. The van der Waals surface area contributed by atoms with Crippen molar-refractivity contribution >= 4 is 6.29 Å². The molecule has 0 aromatic heterocycles. The van der Waals surface area contributed by atoms with Gasteiger partial charge in [-0.15, -0.1) is 0 Å². The number of methoxy groups -OCH3 is 1. The van der Waals surface area contributed by atoms with Crippen molar-refractivity contribution in [1.82, 2.24) is 0 Å². The van der Waals surface area contributed by atoms with E-state index < -0.39 is 28.8 Å². The first kappa shape index (κ1) is 30.4. The SMILES string of the molecule is COc1ccc(COC[C@]2(C)[C@@H](OCc3ccccc3)C[C@H](OCc3ccccc3)[C@@]3(COC(C)(C)O3)[C@H]2C=O)cc1. The van der Waals surface area contributed by atoms with E-state index in [1.807, 2.05) is 98.8 Å². The zero-order chi connectivity index (χ0) is 29.6. The smallest absolute Gasteiger partial charge is 0.163 e. The predicted molar refractivity (Wildman–Crippen MR) is 159 cm³/mol. The van der Waals surface area contributed by atoms with Crippen LogP contribution in [0.3, 0.4) is 0 Å². The van der Waals surface area contributed by atoms with E-state index in [0.29, 0.717) is 32.8 Å². The predicted octanol–water partition coefficient (Wildman–Crippen LogP) is 6.13. The van der Waals surface area contributed by atoms with Crippen LogP contribution >= 0.6 is 0 Å². The molecule has 1 heterocycles. The average molecular weight is 575 g/mol. The van der Waals surface area contributed by atoms with Crippen molar-refractivity contribution in [2.24, 2.45) is 11.3 Å². The Balaban J connectivity index is 1.44. The van der Waals surface area contributed by atoms with Gasteiger partial charge in [-0.3, -0.25) is 0 Å². The number of benzene rings is 3. The van der Waals surface area contributed by atoms with Gasteiger partial charge < -0.3 is 33.2 Å². The second-order valence-electron chi connectivity index (χ2n) is 12.0. The van der Waals surface area contributed by atoms with Crippen LogP contribution in [0.4, 0.5) is 0 Å². The Morgan fingerprint density at radius 2 is 1.36 bits per heavy atom. The van der Waals surface area contributed by atoms with Gasteiger partial charge in [0.15, 0.2) is 5.79 Å². The van der Waals surface area contributed by atoms with Gasteiger partial charge in [-0.05, 0) is 42.7 Å². The summed E-state index contributed by atoms with van der Waals surface area (Å²) in [6, 6.07) is 27.9. The number of carbonyl (C=O) groups excluding carboxylic acids is 1. The molecule has 0 unspecified atom stereocenters. The van der Waals surface area contributed by atoms with Crippen LogP contribution in [0.1, 0.15) is 43.9 Å². The third-order valence-corrected chi connectivity index (χ3v) is 8.59. The highest BCUT2D eigenvalue weighted by Crippen LogP contribution is 2.54. The first-order chi connectivity index (χ1) is 20.3. The van der Waals surface area contributed by atoms with Crippen LogP contribution < -0.4 is 4.74 Å².